The van der Waals surface area contributed by atoms with Crippen molar-refractivity contribution >= 4 is 21.0 Å². The first-order valence-electron chi connectivity index (χ1n) is 13.0. The van der Waals surface area contributed by atoms with Crippen molar-refractivity contribution < 1.29 is 54.6 Å². The lowest BCUT2D eigenvalue weighted by molar-refractivity contribution is -0.0518. The molecule has 3 aromatic rings. The van der Waals surface area contributed by atoms with Crippen molar-refractivity contribution in [1.29, 1.82) is 0 Å². The van der Waals surface area contributed by atoms with Crippen molar-refractivity contribution in [2.75, 3.05) is 0 Å². The predicted molar refractivity (Wildman–Crippen MR) is 161 cm³/mol. The fourth-order valence-corrected chi connectivity index (χ4v) is 5.48. The monoisotopic (exact) mass is 670 g/mol. The SMILES string of the molecule is C=COC(C)Oc1ccc([S+](c2ccc(OC(C)OC=C)cc2)c2ccc(OC(C)OC=C)cc2)cc1.O=S(=O)([O-])C(F)(F)F. The van der Waals surface area contributed by atoms with Crippen LogP contribution in [0.5, 0.6) is 17.2 Å². The molecule has 0 saturated carbocycles. The van der Waals surface area contributed by atoms with Crippen LogP contribution in [0.2, 0.25) is 0 Å². The summed E-state index contributed by atoms with van der Waals surface area (Å²) >= 11 is 0. The molecule has 0 aromatic heterocycles. The molecule has 0 saturated heterocycles. The van der Waals surface area contributed by atoms with Crippen LogP contribution in [0.25, 0.3) is 0 Å². The summed E-state index contributed by atoms with van der Waals surface area (Å²) in [6.45, 7) is 16.1. The first-order valence-corrected chi connectivity index (χ1v) is 15.7. The summed E-state index contributed by atoms with van der Waals surface area (Å²) in [5.41, 5.74) is -5.65. The second kappa shape index (κ2) is 17.3. The van der Waals surface area contributed by atoms with Gasteiger partial charge in [0.1, 0.15) is 17.2 Å². The zero-order valence-electron chi connectivity index (χ0n) is 24.6. The van der Waals surface area contributed by atoms with Gasteiger partial charge >= 0.3 is 5.51 Å². The maximum atomic E-state index is 10.7. The average Bonchev–Trinajstić information content (AvgIpc) is 2.95. The molecule has 9 nitrogen and oxygen atoms in total. The third-order valence-corrected chi connectivity index (χ3v) is 8.03. The Labute approximate surface area is 263 Å². The Kier molecular flexibility index (Phi) is 14.2. The molecule has 0 aliphatic rings. The van der Waals surface area contributed by atoms with Crippen LogP contribution < -0.4 is 14.2 Å². The predicted octanol–water partition coefficient (Wildman–Crippen LogP) is 7.49. The van der Waals surface area contributed by atoms with Gasteiger partial charge in [-0.2, -0.15) is 13.2 Å². The van der Waals surface area contributed by atoms with Gasteiger partial charge in [0.05, 0.1) is 29.7 Å². The molecule has 0 radical (unpaired) electrons. The Morgan fingerprint density at radius 1 is 0.622 bits per heavy atom. The van der Waals surface area contributed by atoms with E-state index in [4.69, 9.17) is 41.4 Å². The molecule has 45 heavy (non-hydrogen) atoms. The molecule has 0 fully saturated rings. The Balaban J connectivity index is 0.000000777. The van der Waals surface area contributed by atoms with Crippen LogP contribution in [-0.2, 0) is 35.2 Å². The molecule has 0 amide bonds. The smallest absolute Gasteiger partial charge is 0.485 e. The molecule has 3 aromatic carbocycles. The highest BCUT2D eigenvalue weighted by molar-refractivity contribution is 7.97. The number of halogens is 3. The third kappa shape index (κ3) is 12.3. The van der Waals surface area contributed by atoms with Crippen LogP contribution in [0.3, 0.4) is 0 Å². The van der Waals surface area contributed by atoms with E-state index in [-0.39, 0.29) is 0 Å². The number of hydrogen-bond donors (Lipinski definition) is 0. The van der Waals surface area contributed by atoms with Gasteiger partial charge in [-0.1, -0.05) is 19.7 Å². The van der Waals surface area contributed by atoms with Crippen LogP contribution in [0.1, 0.15) is 20.8 Å². The summed E-state index contributed by atoms with van der Waals surface area (Å²) in [7, 11) is -6.49. The van der Waals surface area contributed by atoms with E-state index in [0.717, 1.165) is 14.7 Å². The average molecular weight is 671 g/mol. The molecule has 0 bridgehead atoms. The highest BCUT2D eigenvalue weighted by Crippen LogP contribution is 2.34. The van der Waals surface area contributed by atoms with Crippen molar-refractivity contribution in [3.05, 3.63) is 111 Å². The van der Waals surface area contributed by atoms with Gasteiger partial charge in [-0.25, -0.2) is 8.42 Å². The molecule has 0 spiro atoms. The second-order valence-corrected chi connectivity index (χ2v) is 12.0. The van der Waals surface area contributed by atoms with E-state index < -0.39 is 45.4 Å². The molecule has 3 unspecified atom stereocenters. The third-order valence-electron chi connectivity index (χ3n) is 5.23. The van der Waals surface area contributed by atoms with Gasteiger partial charge in [-0.15, -0.1) is 0 Å². The molecule has 14 heteroatoms. The van der Waals surface area contributed by atoms with Gasteiger partial charge in [0.25, 0.3) is 0 Å². The number of benzene rings is 3. The normalized spacial score (nSPS) is 13.8. The Morgan fingerprint density at radius 2 is 0.844 bits per heavy atom. The zero-order valence-corrected chi connectivity index (χ0v) is 26.3. The highest BCUT2D eigenvalue weighted by atomic mass is 32.2. The zero-order chi connectivity index (χ0) is 33.6. The van der Waals surface area contributed by atoms with Gasteiger partial charge in [-0.05, 0) is 72.8 Å². The van der Waals surface area contributed by atoms with E-state index in [9.17, 15) is 13.2 Å². The molecule has 0 N–H and O–H groups in total. The van der Waals surface area contributed by atoms with Crippen LogP contribution in [-0.4, -0.2) is 37.3 Å². The van der Waals surface area contributed by atoms with Crippen molar-refractivity contribution in [3.63, 3.8) is 0 Å². The molecule has 0 aliphatic carbocycles. The first-order chi connectivity index (χ1) is 21.2. The minimum absolute atomic E-state index is 0.397. The summed E-state index contributed by atoms with van der Waals surface area (Å²) < 4.78 is 92.0. The Bertz CT molecular complexity index is 1320. The van der Waals surface area contributed by atoms with Crippen molar-refractivity contribution in [1.82, 2.24) is 0 Å². The minimum Gasteiger partial charge on any atom is -0.741 e. The van der Waals surface area contributed by atoms with E-state index in [1.165, 1.54) is 18.8 Å². The summed E-state index contributed by atoms with van der Waals surface area (Å²) in [6, 6.07) is 24.0. The van der Waals surface area contributed by atoms with Gasteiger partial charge in [0.2, 0.25) is 18.9 Å². The summed E-state index contributed by atoms with van der Waals surface area (Å²) in [5.74, 6) is 2.13. The molecule has 0 aliphatic heterocycles. The number of hydrogen-bond acceptors (Lipinski definition) is 9. The van der Waals surface area contributed by atoms with E-state index >= 15 is 0 Å². The van der Waals surface area contributed by atoms with Gasteiger partial charge in [0, 0.05) is 20.8 Å². The van der Waals surface area contributed by atoms with Gasteiger partial charge in [-0.3, -0.25) is 0 Å². The van der Waals surface area contributed by atoms with E-state index in [0.29, 0.717) is 17.2 Å². The van der Waals surface area contributed by atoms with Gasteiger partial charge < -0.3 is 33.0 Å². The fourth-order valence-electron chi connectivity index (χ4n) is 3.44. The Morgan fingerprint density at radius 3 is 1.02 bits per heavy atom. The van der Waals surface area contributed by atoms with Gasteiger partial charge in [0.15, 0.2) is 24.8 Å². The summed E-state index contributed by atoms with van der Waals surface area (Å²) in [5, 5.41) is 0. The maximum absolute atomic E-state index is 10.7. The molecular formula is C31H33F3O9S2. The molecule has 3 rings (SSSR count). The maximum Gasteiger partial charge on any atom is 0.485 e. The molecule has 244 valence electrons. The Hall–Kier alpha value is -4.27. The first kappa shape index (κ1) is 36.9. The van der Waals surface area contributed by atoms with Crippen molar-refractivity contribution in [3.8, 4) is 17.2 Å². The number of rotatable bonds is 15. The van der Waals surface area contributed by atoms with E-state index in [2.05, 4.69) is 56.1 Å². The minimum atomic E-state index is -6.09. The molecule has 3 atom stereocenters. The lowest BCUT2D eigenvalue weighted by Crippen LogP contribution is -2.21. The van der Waals surface area contributed by atoms with E-state index in [1.807, 2.05) is 57.2 Å². The second-order valence-electron chi connectivity index (χ2n) is 8.58. The lowest BCUT2D eigenvalue weighted by atomic mass is 10.3. The van der Waals surface area contributed by atoms with Crippen LogP contribution in [0.15, 0.2) is 126 Å². The van der Waals surface area contributed by atoms with E-state index in [1.54, 1.807) is 0 Å². The van der Waals surface area contributed by atoms with Crippen molar-refractivity contribution in [2.45, 2.75) is 59.8 Å². The topological polar surface area (TPSA) is 113 Å². The van der Waals surface area contributed by atoms with Crippen molar-refractivity contribution in [2.24, 2.45) is 0 Å². The summed E-state index contributed by atoms with van der Waals surface area (Å²) in [4.78, 5) is 3.37. The highest BCUT2D eigenvalue weighted by Gasteiger charge is 2.37. The largest absolute Gasteiger partial charge is 0.741 e. The fraction of sp³-hybridized carbons (Fsp3) is 0.226. The van der Waals surface area contributed by atoms with Crippen LogP contribution in [0, 0.1) is 0 Å². The summed E-state index contributed by atoms with van der Waals surface area (Å²) in [6.07, 6.45) is 2.81. The standard InChI is InChI=1S/C30H33O6S.CHF3O3S/c1-7-31-22(4)34-25-10-16-28(17-11-25)37(29-18-12-26(13-19-29)35-23(5)32-8-2)30-20-14-27(15-21-30)36-24(6)33-9-3;2-1(3,4)8(5,6)7/h7-24H,1-3H2,4-6H3;(H,5,6,7)/q+1;/p-1. The van der Waals surface area contributed by atoms with Crippen LogP contribution in [0.4, 0.5) is 13.2 Å². The van der Waals surface area contributed by atoms with Crippen LogP contribution >= 0.6 is 0 Å². The molecule has 0 heterocycles. The molecular weight excluding hydrogens is 637 g/mol. The lowest BCUT2D eigenvalue weighted by Gasteiger charge is -2.16. The quantitative estimate of drug-likeness (QED) is 0.0534. The number of alkyl halides is 3. The number of ether oxygens (including phenoxy) is 6.